The fourth-order valence-electron chi connectivity index (χ4n) is 2.01. The molecule has 2 N–H and O–H groups in total. The third kappa shape index (κ3) is 2.35. The molecular weight excluding hydrogens is 262 g/mol. The summed E-state index contributed by atoms with van der Waals surface area (Å²) >= 11 is 1.36. The van der Waals surface area contributed by atoms with Crippen molar-refractivity contribution in [3.05, 3.63) is 28.3 Å². The Morgan fingerprint density at radius 1 is 1.21 bits per heavy atom. The Kier molecular flexibility index (Phi) is 3.02. The maximum Gasteiger partial charge on any atom is 0.203 e. The summed E-state index contributed by atoms with van der Waals surface area (Å²) in [6, 6.07) is 4.02. The van der Waals surface area contributed by atoms with Crippen LogP contribution in [0.3, 0.4) is 0 Å². The molecule has 0 spiro atoms. The van der Waals surface area contributed by atoms with Crippen molar-refractivity contribution >= 4 is 16.5 Å². The predicted molar refractivity (Wildman–Crippen MR) is 73.7 cm³/mol. The molecule has 0 amide bonds. The normalized spacial score (nSPS) is 18.1. The van der Waals surface area contributed by atoms with Crippen LogP contribution in [-0.2, 0) is 0 Å². The average Bonchev–Trinajstić information content (AvgIpc) is 2.70. The van der Waals surface area contributed by atoms with Crippen LogP contribution in [-0.4, -0.2) is 16.8 Å². The van der Waals surface area contributed by atoms with Gasteiger partial charge >= 0.3 is 0 Å². The fraction of sp³-hybridized carbons (Fsp3) is 0.385. The van der Waals surface area contributed by atoms with Crippen LogP contribution < -0.4 is 15.2 Å². The zero-order valence-electron chi connectivity index (χ0n) is 10.8. The van der Waals surface area contributed by atoms with Gasteiger partial charge in [-0.3, -0.25) is 0 Å². The SMILES string of the molecule is Cc1cc2c(cc1C)OC(c1nnc(N)s1)CCO2. The van der Waals surface area contributed by atoms with E-state index < -0.39 is 0 Å². The molecule has 0 aliphatic carbocycles. The number of ether oxygens (including phenoxy) is 2. The summed E-state index contributed by atoms with van der Waals surface area (Å²) in [6.07, 6.45) is 0.597. The van der Waals surface area contributed by atoms with Gasteiger partial charge in [0.1, 0.15) is 0 Å². The quantitative estimate of drug-likeness (QED) is 0.867. The maximum absolute atomic E-state index is 6.02. The van der Waals surface area contributed by atoms with E-state index in [4.69, 9.17) is 15.2 Å². The van der Waals surface area contributed by atoms with Gasteiger partial charge in [0.15, 0.2) is 22.6 Å². The highest BCUT2D eigenvalue weighted by molar-refractivity contribution is 7.15. The summed E-state index contributed by atoms with van der Waals surface area (Å²) in [6.45, 7) is 4.72. The lowest BCUT2D eigenvalue weighted by Gasteiger charge is -2.14. The minimum atomic E-state index is -0.141. The van der Waals surface area contributed by atoms with Crippen molar-refractivity contribution in [2.75, 3.05) is 12.3 Å². The summed E-state index contributed by atoms with van der Waals surface area (Å²) in [5, 5.41) is 9.15. The van der Waals surface area contributed by atoms with Gasteiger partial charge < -0.3 is 15.2 Å². The topological polar surface area (TPSA) is 70.3 Å². The first-order chi connectivity index (χ1) is 9.13. The van der Waals surface area contributed by atoms with Crippen molar-refractivity contribution in [1.29, 1.82) is 0 Å². The molecule has 1 aliphatic heterocycles. The third-order valence-corrected chi connectivity index (χ3v) is 4.04. The lowest BCUT2D eigenvalue weighted by atomic mass is 10.1. The molecule has 5 nitrogen and oxygen atoms in total. The number of nitrogens with two attached hydrogens (primary N) is 1. The molecular formula is C13H15N3O2S. The zero-order chi connectivity index (χ0) is 13.4. The molecule has 19 heavy (non-hydrogen) atoms. The van der Waals surface area contributed by atoms with E-state index in [0.717, 1.165) is 22.9 Å². The number of nitrogen functional groups attached to an aromatic ring is 1. The highest BCUT2D eigenvalue weighted by Gasteiger charge is 2.24. The number of nitrogens with zero attached hydrogens (tertiary/aromatic N) is 2. The van der Waals surface area contributed by atoms with E-state index in [1.54, 1.807) is 0 Å². The first-order valence-electron chi connectivity index (χ1n) is 6.13. The van der Waals surface area contributed by atoms with Gasteiger partial charge in [-0.2, -0.15) is 0 Å². The van der Waals surface area contributed by atoms with E-state index in [1.807, 2.05) is 12.1 Å². The lowest BCUT2D eigenvalue weighted by molar-refractivity contribution is 0.193. The molecule has 1 aliphatic rings. The Bertz CT molecular complexity index is 612. The molecule has 100 valence electrons. The van der Waals surface area contributed by atoms with Crippen LogP contribution in [0.4, 0.5) is 5.13 Å². The van der Waals surface area contributed by atoms with Crippen molar-refractivity contribution in [2.24, 2.45) is 0 Å². The van der Waals surface area contributed by atoms with Crippen molar-refractivity contribution in [3.8, 4) is 11.5 Å². The van der Waals surface area contributed by atoms with Crippen molar-refractivity contribution in [3.63, 3.8) is 0 Å². The number of anilines is 1. The number of rotatable bonds is 1. The predicted octanol–water partition coefficient (Wildman–Crippen LogP) is 2.64. The van der Waals surface area contributed by atoms with E-state index in [9.17, 15) is 0 Å². The summed E-state index contributed by atoms with van der Waals surface area (Å²) in [7, 11) is 0. The molecule has 2 aromatic rings. The molecule has 0 radical (unpaired) electrons. The third-order valence-electron chi connectivity index (χ3n) is 3.20. The summed E-state index contributed by atoms with van der Waals surface area (Å²) in [5.41, 5.74) is 8.00. The minimum Gasteiger partial charge on any atom is -0.490 e. The molecule has 1 aromatic carbocycles. The molecule has 3 rings (SSSR count). The Labute approximate surface area is 115 Å². The second-order valence-corrected chi connectivity index (χ2v) is 5.65. The highest BCUT2D eigenvalue weighted by Crippen LogP contribution is 2.38. The summed E-state index contributed by atoms with van der Waals surface area (Å²) in [5.74, 6) is 1.56. The number of hydrogen-bond acceptors (Lipinski definition) is 6. The Balaban J connectivity index is 1.94. The van der Waals surface area contributed by atoms with Crippen LogP contribution in [0.15, 0.2) is 12.1 Å². The average molecular weight is 277 g/mol. The molecule has 2 heterocycles. The van der Waals surface area contributed by atoms with Gasteiger partial charge in [-0.05, 0) is 37.1 Å². The highest BCUT2D eigenvalue weighted by atomic mass is 32.1. The van der Waals surface area contributed by atoms with Gasteiger partial charge in [-0.1, -0.05) is 11.3 Å². The van der Waals surface area contributed by atoms with Crippen molar-refractivity contribution in [2.45, 2.75) is 26.4 Å². The lowest BCUT2D eigenvalue weighted by Crippen LogP contribution is -2.08. The van der Waals surface area contributed by atoms with Gasteiger partial charge in [0, 0.05) is 6.42 Å². The van der Waals surface area contributed by atoms with Crippen molar-refractivity contribution < 1.29 is 9.47 Å². The molecule has 1 unspecified atom stereocenters. The molecule has 0 fully saturated rings. The smallest absolute Gasteiger partial charge is 0.203 e. The molecule has 1 aromatic heterocycles. The molecule has 0 bridgehead atoms. The van der Waals surface area contributed by atoms with Crippen LogP contribution in [0.25, 0.3) is 0 Å². The second kappa shape index (κ2) is 4.70. The first kappa shape index (κ1) is 12.2. The van der Waals surface area contributed by atoms with Crippen LogP contribution in [0.2, 0.25) is 0 Å². The number of fused-ring (bicyclic) bond motifs is 1. The van der Waals surface area contributed by atoms with Gasteiger partial charge in [-0.15, -0.1) is 10.2 Å². The van der Waals surface area contributed by atoms with E-state index in [2.05, 4.69) is 24.0 Å². The van der Waals surface area contributed by atoms with Crippen LogP contribution in [0.1, 0.15) is 28.7 Å². The van der Waals surface area contributed by atoms with Crippen LogP contribution in [0.5, 0.6) is 11.5 Å². The maximum atomic E-state index is 6.02. The Morgan fingerprint density at radius 3 is 2.63 bits per heavy atom. The number of aromatic nitrogens is 2. The van der Waals surface area contributed by atoms with Gasteiger partial charge in [-0.25, -0.2) is 0 Å². The molecule has 1 atom stereocenters. The first-order valence-corrected chi connectivity index (χ1v) is 6.94. The Morgan fingerprint density at radius 2 is 1.95 bits per heavy atom. The van der Waals surface area contributed by atoms with Gasteiger partial charge in [0.05, 0.1) is 6.61 Å². The number of hydrogen-bond donors (Lipinski definition) is 1. The molecule has 6 heteroatoms. The molecule has 0 saturated carbocycles. The second-order valence-electron chi connectivity index (χ2n) is 4.61. The van der Waals surface area contributed by atoms with Crippen LogP contribution >= 0.6 is 11.3 Å². The summed E-state index contributed by atoms with van der Waals surface area (Å²) < 4.78 is 11.8. The zero-order valence-corrected chi connectivity index (χ0v) is 11.7. The van der Waals surface area contributed by atoms with Crippen LogP contribution in [0, 0.1) is 13.8 Å². The summed E-state index contributed by atoms with van der Waals surface area (Å²) in [4.78, 5) is 0. The van der Waals surface area contributed by atoms with E-state index in [1.165, 1.54) is 22.5 Å². The standard InChI is InChI=1S/C13H15N3O2S/c1-7-5-10-11(6-8(7)2)18-9(3-4-17-10)12-15-16-13(14)19-12/h5-6,9H,3-4H2,1-2H3,(H2,14,16). The van der Waals surface area contributed by atoms with Gasteiger partial charge in [0.2, 0.25) is 5.13 Å². The largest absolute Gasteiger partial charge is 0.490 e. The van der Waals surface area contributed by atoms with Crippen molar-refractivity contribution in [1.82, 2.24) is 10.2 Å². The van der Waals surface area contributed by atoms with Gasteiger partial charge in [0.25, 0.3) is 0 Å². The Hall–Kier alpha value is -1.82. The number of benzene rings is 1. The fourth-order valence-corrected chi connectivity index (χ4v) is 2.68. The van der Waals surface area contributed by atoms with E-state index in [0.29, 0.717) is 11.7 Å². The molecule has 0 saturated heterocycles. The number of aryl methyl sites for hydroxylation is 2. The minimum absolute atomic E-state index is 0.141. The van der Waals surface area contributed by atoms with E-state index >= 15 is 0 Å². The van der Waals surface area contributed by atoms with E-state index in [-0.39, 0.29) is 6.10 Å². The monoisotopic (exact) mass is 277 g/mol.